The van der Waals surface area contributed by atoms with Crippen LogP contribution < -0.4 is 0 Å². The zero-order valence-electron chi connectivity index (χ0n) is 10.9. The fraction of sp³-hybridized carbons (Fsp3) is 1.00. The van der Waals surface area contributed by atoms with E-state index in [-0.39, 0.29) is 0 Å². The zero-order chi connectivity index (χ0) is 12.4. The molecular weight excluding hydrogens is 224 g/mol. The summed E-state index contributed by atoms with van der Waals surface area (Å²) in [6, 6.07) is 0. The minimum atomic E-state index is -3.25. The molecule has 0 N–H and O–H groups in total. The van der Waals surface area contributed by atoms with Gasteiger partial charge in [0.05, 0.1) is 12.9 Å². The highest BCUT2D eigenvalue weighted by Crippen LogP contribution is 2.15. The van der Waals surface area contributed by atoms with E-state index in [2.05, 4.69) is 13.8 Å². The van der Waals surface area contributed by atoms with Crippen molar-refractivity contribution in [3.8, 4) is 0 Å². The molecule has 98 valence electrons. The predicted octanol–water partition coefficient (Wildman–Crippen LogP) is 3.35. The predicted molar refractivity (Wildman–Crippen MR) is 68.0 cm³/mol. The molecule has 0 heterocycles. The number of hydrogen-bond donors (Lipinski definition) is 0. The Morgan fingerprint density at radius 1 is 1.06 bits per heavy atom. The first kappa shape index (κ1) is 15.9. The van der Waals surface area contributed by atoms with Gasteiger partial charge in [-0.25, -0.2) is 0 Å². The van der Waals surface area contributed by atoms with E-state index in [9.17, 15) is 8.42 Å². The average Bonchev–Trinajstić information content (AvgIpc) is 2.18. The van der Waals surface area contributed by atoms with Crippen LogP contribution in [0, 0.1) is 5.92 Å². The van der Waals surface area contributed by atoms with Gasteiger partial charge in [0, 0.05) is 0 Å². The van der Waals surface area contributed by atoms with E-state index in [1.807, 2.05) is 0 Å². The monoisotopic (exact) mass is 250 g/mol. The fourth-order valence-electron chi connectivity index (χ4n) is 1.71. The lowest BCUT2D eigenvalue weighted by Crippen LogP contribution is -2.05. The minimum Gasteiger partial charge on any atom is -0.270 e. The van der Waals surface area contributed by atoms with Gasteiger partial charge in [-0.1, -0.05) is 46.0 Å². The minimum absolute atomic E-state index is 0.331. The van der Waals surface area contributed by atoms with Crippen molar-refractivity contribution in [2.24, 2.45) is 5.92 Å². The molecule has 0 aromatic heterocycles. The fourth-order valence-corrected chi connectivity index (χ4v) is 2.13. The van der Waals surface area contributed by atoms with Crippen molar-refractivity contribution in [2.45, 2.75) is 58.8 Å². The summed E-state index contributed by atoms with van der Waals surface area (Å²) < 4.78 is 26.1. The largest absolute Gasteiger partial charge is 0.270 e. The number of unbranched alkanes of at least 4 members (excludes halogenated alkanes) is 3. The molecule has 0 aliphatic heterocycles. The molecule has 0 aliphatic rings. The van der Waals surface area contributed by atoms with Crippen LogP contribution in [0.15, 0.2) is 0 Å². The molecule has 1 atom stereocenters. The second-order valence-corrected chi connectivity index (χ2v) is 6.27. The van der Waals surface area contributed by atoms with Crippen molar-refractivity contribution in [2.75, 3.05) is 12.9 Å². The molecule has 0 aromatic carbocycles. The maximum absolute atomic E-state index is 10.7. The first-order valence-corrected chi connectivity index (χ1v) is 8.11. The van der Waals surface area contributed by atoms with Crippen LogP contribution in [0.5, 0.6) is 0 Å². The van der Waals surface area contributed by atoms with Gasteiger partial charge in [-0.2, -0.15) is 8.42 Å². The second-order valence-electron chi connectivity index (χ2n) is 4.62. The molecule has 0 saturated carbocycles. The molecule has 16 heavy (non-hydrogen) atoms. The molecule has 1 unspecified atom stereocenters. The number of rotatable bonds is 10. The first-order valence-electron chi connectivity index (χ1n) is 6.30. The maximum Gasteiger partial charge on any atom is 0.264 e. The van der Waals surface area contributed by atoms with Gasteiger partial charge in [0.1, 0.15) is 0 Å². The van der Waals surface area contributed by atoms with Crippen LogP contribution in [0.3, 0.4) is 0 Å². The summed E-state index contributed by atoms with van der Waals surface area (Å²) in [5, 5.41) is 0. The molecule has 0 rings (SSSR count). The Morgan fingerprint density at radius 3 is 2.25 bits per heavy atom. The normalized spacial score (nSPS) is 13.9. The molecule has 0 aliphatic carbocycles. The summed E-state index contributed by atoms with van der Waals surface area (Å²) in [6.07, 6.45) is 9.45. The Kier molecular flexibility index (Phi) is 8.94. The Hall–Kier alpha value is -0.0900. The van der Waals surface area contributed by atoms with E-state index < -0.39 is 10.1 Å². The van der Waals surface area contributed by atoms with Crippen LogP contribution >= 0.6 is 0 Å². The van der Waals surface area contributed by atoms with Crippen LogP contribution in [0.1, 0.15) is 58.8 Å². The maximum atomic E-state index is 10.7. The lowest BCUT2D eigenvalue weighted by molar-refractivity contribution is 0.296. The van der Waals surface area contributed by atoms with E-state index >= 15 is 0 Å². The lowest BCUT2D eigenvalue weighted by Gasteiger charge is -2.10. The van der Waals surface area contributed by atoms with Crippen molar-refractivity contribution in [3.63, 3.8) is 0 Å². The van der Waals surface area contributed by atoms with Gasteiger partial charge in [-0.05, 0) is 18.8 Å². The van der Waals surface area contributed by atoms with Gasteiger partial charge in [0.25, 0.3) is 10.1 Å². The Bertz CT molecular complexity index is 247. The van der Waals surface area contributed by atoms with Gasteiger partial charge in [0.15, 0.2) is 0 Å². The summed E-state index contributed by atoms with van der Waals surface area (Å²) in [7, 11) is -3.25. The van der Waals surface area contributed by atoms with E-state index in [1.54, 1.807) is 0 Å². The number of hydrogen-bond acceptors (Lipinski definition) is 3. The molecule has 0 amide bonds. The third-order valence-corrected chi connectivity index (χ3v) is 3.28. The SMILES string of the molecule is CCCCCCC(C)CCCOS(C)(=O)=O. The quantitative estimate of drug-likeness (QED) is 0.441. The Morgan fingerprint density at radius 2 is 1.69 bits per heavy atom. The van der Waals surface area contributed by atoms with Crippen LogP contribution in [-0.2, 0) is 14.3 Å². The van der Waals surface area contributed by atoms with E-state index in [4.69, 9.17) is 4.18 Å². The third kappa shape index (κ3) is 12.0. The van der Waals surface area contributed by atoms with Gasteiger partial charge in [0.2, 0.25) is 0 Å². The Labute approximate surface area is 101 Å². The van der Waals surface area contributed by atoms with E-state index in [0.29, 0.717) is 12.5 Å². The summed E-state index contributed by atoms with van der Waals surface area (Å²) >= 11 is 0. The van der Waals surface area contributed by atoms with Gasteiger partial charge in [-0.15, -0.1) is 0 Å². The average molecular weight is 250 g/mol. The van der Waals surface area contributed by atoms with E-state index in [1.165, 1.54) is 32.1 Å². The summed E-state index contributed by atoms with van der Waals surface area (Å²) in [5.74, 6) is 0.681. The lowest BCUT2D eigenvalue weighted by atomic mass is 9.98. The molecule has 0 bridgehead atoms. The Balaban J connectivity index is 3.33. The highest BCUT2D eigenvalue weighted by molar-refractivity contribution is 7.85. The highest BCUT2D eigenvalue weighted by atomic mass is 32.2. The third-order valence-electron chi connectivity index (χ3n) is 2.69. The van der Waals surface area contributed by atoms with Gasteiger partial charge < -0.3 is 0 Å². The molecule has 0 fully saturated rings. The van der Waals surface area contributed by atoms with Crippen molar-refractivity contribution < 1.29 is 12.6 Å². The van der Waals surface area contributed by atoms with Gasteiger partial charge in [-0.3, -0.25) is 4.18 Å². The molecule has 3 nitrogen and oxygen atoms in total. The molecule has 4 heteroatoms. The topological polar surface area (TPSA) is 43.4 Å². The van der Waals surface area contributed by atoms with Crippen molar-refractivity contribution in [3.05, 3.63) is 0 Å². The summed E-state index contributed by atoms with van der Waals surface area (Å²) in [5.41, 5.74) is 0. The molecule has 0 aromatic rings. The first-order chi connectivity index (χ1) is 7.45. The molecule has 0 radical (unpaired) electrons. The molecular formula is C12H26O3S. The van der Waals surface area contributed by atoms with Crippen LogP contribution in [0.4, 0.5) is 0 Å². The van der Waals surface area contributed by atoms with Crippen LogP contribution in [-0.4, -0.2) is 21.3 Å². The van der Waals surface area contributed by atoms with Crippen molar-refractivity contribution in [1.29, 1.82) is 0 Å². The second kappa shape index (κ2) is 8.99. The molecule has 0 spiro atoms. The van der Waals surface area contributed by atoms with E-state index in [0.717, 1.165) is 19.1 Å². The smallest absolute Gasteiger partial charge is 0.264 e. The standard InChI is InChI=1S/C12H26O3S/c1-4-5-6-7-9-12(2)10-8-11-15-16(3,13)14/h12H,4-11H2,1-3H3. The zero-order valence-corrected chi connectivity index (χ0v) is 11.7. The molecule has 0 saturated heterocycles. The summed E-state index contributed by atoms with van der Waals surface area (Å²) in [6.45, 7) is 4.77. The van der Waals surface area contributed by atoms with Gasteiger partial charge >= 0.3 is 0 Å². The summed E-state index contributed by atoms with van der Waals surface area (Å²) in [4.78, 5) is 0. The van der Waals surface area contributed by atoms with Crippen molar-refractivity contribution in [1.82, 2.24) is 0 Å². The van der Waals surface area contributed by atoms with Crippen molar-refractivity contribution >= 4 is 10.1 Å². The van der Waals surface area contributed by atoms with Crippen LogP contribution in [0.2, 0.25) is 0 Å². The van der Waals surface area contributed by atoms with Crippen LogP contribution in [0.25, 0.3) is 0 Å². The highest BCUT2D eigenvalue weighted by Gasteiger charge is 2.04.